The molecule has 1 heterocycles. The minimum atomic E-state index is 0.617. The van der Waals surface area contributed by atoms with E-state index >= 15 is 0 Å². The second-order valence-corrected chi connectivity index (χ2v) is 4.58. The fourth-order valence-corrected chi connectivity index (χ4v) is 2.45. The van der Waals surface area contributed by atoms with E-state index in [0.717, 1.165) is 24.5 Å². The molecule has 0 aromatic carbocycles. The highest BCUT2D eigenvalue weighted by atomic mass is 35.5. The summed E-state index contributed by atoms with van der Waals surface area (Å²) in [5.74, 6) is 1.72. The van der Waals surface area contributed by atoms with Crippen molar-refractivity contribution in [2.24, 2.45) is 0 Å². The zero-order valence-electron chi connectivity index (χ0n) is 9.15. The number of nitrogens with zero attached hydrogens (tertiary/aromatic N) is 1. The summed E-state index contributed by atoms with van der Waals surface area (Å²) in [5, 5.41) is 3.78. The third-order valence-electron chi connectivity index (χ3n) is 3.11. The van der Waals surface area contributed by atoms with E-state index in [9.17, 15) is 0 Å². The van der Waals surface area contributed by atoms with E-state index < -0.39 is 0 Å². The molecular formula is C11H18ClN3. The summed E-state index contributed by atoms with van der Waals surface area (Å²) in [4.78, 5) is 7.80. The Bertz CT molecular complexity index is 316. The van der Waals surface area contributed by atoms with Gasteiger partial charge in [0.1, 0.15) is 11.0 Å². The zero-order chi connectivity index (χ0) is 10.7. The van der Waals surface area contributed by atoms with Crippen molar-refractivity contribution >= 4 is 11.6 Å². The quantitative estimate of drug-likeness (QED) is 0.830. The molecule has 1 aromatic rings. The summed E-state index contributed by atoms with van der Waals surface area (Å²) in [7, 11) is 1.95. The van der Waals surface area contributed by atoms with Crippen molar-refractivity contribution in [1.82, 2.24) is 15.3 Å². The molecule has 1 aliphatic rings. The van der Waals surface area contributed by atoms with Gasteiger partial charge in [-0.1, -0.05) is 24.4 Å². The van der Waals surface area contributed by atoms with Crippen LogP contribution in [0.2, 0.25) is 5.15 Å². The van der Waals surface area contributed by atoms with Crippen molar-refractivity contribution in [3.8, 4) is 0 Å². The smallest absolute Gasteiger partial charge is 0.150 e. The summed E-state index contributed by atoms with van der Waals surface area (Å²) in [5.41, 5.74) is 1.08. The number of H-pyrrole nitrogens is 1. The van der Waals surface area contributed by atoms with Gasteiger partial charge in [0.2, 0.25) is 0 Å². The van der Waals surface area contributed by atoms with Crippen molar-refractivity contribution in [2.45, 2.75) is 38.0 Å². The molecule has 0 spiro atoms. The van der Waals surface area contributed by atoms with Crippen LogP contribution in [0.4, 0.5) is 0 Å². The van der Waals surface area contributed by atoms with Gasteiger partial charge in [0, 0.05) is 18.9 Å². The highest BCUT2D eigenvalue weighted by molar-refractivity contribution is 6.30. The van der Waals surface area contributed by atoms with Crippen molar-refractivity contribution in [2.75, 3.05) is 13.6 Å². The van der Waals surface area contributed by atoms with E-state index in [2.05, 4.69) is 15.3 Å². The summed E-state index contributed by atoms with van der Waals surface area (Å²) < 4.78 is 0. The van der Waals surface area contributed by atoms with E-state index in [1.807, 2.05) is 7.05 Å². The van der Waals surface area contributed by atoms with E-state index in [1.54, 1.807) is 0 Å². The summed E-state index contributed by atoms with van der Waals surface area (Å²) >= 11 is 6.09. The van der Waals surface area contributed by atoms with Crippen LogP contribution >= 0.6 is 11.6 Å². The molecule has 0 bridgehead atoms. The molecule has 0 aliphatic heterocycles. The van der Waals surface area contributed by atoms with E-state index in [-0.39, 0.29) is 0 Å². The Morgan fingerprint density at radius 3 is 2.87 bits per heavy atom. The maximum absolute atomic E-state index is 6.09. The average molecular weight is 228 g/mol. The number of aromatic nitrogens is 2. The Labute approximate surface area is 95.6 Å². The van der Waals surface area contributed by atoms with Crippen molar-refractivity contribution < 1.29 is 0 Å². The molecule has 2 N–H and O–H groups in total. The van der Waals surface area contributed by atoms with E-state index in [1.165, 1.54) is 25.7 Å². The molecule has 1 saturated carbocycles. The minimum Gasteiger partial charge on any atom is -0.344 e. The maximum Gasteiger partial charge on any atom is 0.150 e. The number of nitrogens with one attached hydrogen (secondary N) is 2. The molecule has 84 valence electrons. The van der Waals surface area contributed by atoms with Gasteiger partial charge in [-0.2, -0.15) is 0 Å². The van der Waals surface area contributed by atoms with Gasteiger partial charge in [-0.25, -0.2) is 4.98 Å². The van der Waals surface area contributed by atoms with Gasteiger partial charge in [0.15, 0.2) is 0 Å². The van der Waals surface area contributed by atoms with Crippen LogP contribution in [0, 0.1) is 0 Å². The molecule has 0 unspecified atom stereocenters. The third-order valence-corrected chi connectivity index (χ3v) is 3.43. The molecule has 2 rings (SSSR count). The predicted octanol–water partition coefficient (Wildman–Crippen LogP) is 2.48. The fraction of sp³-hybridized carbons (Fsp3) is 0.727. The predicted molar refractivity (Wildman–Crippen MR) is 62.4 cm³/mol. The van der Waals surface area contributed by atoms with Crippen LogP contribution < -0.4 is 5.32 Å². The number of aromatic amines is 1. The van der Waals surface area contributed by atoms with Gasteiger partial charge in [0.05, 0.1) is 5.69 Å². The molecule has 1 aliphatic carbocycles. The first-order chi connectivity index (χ1) is 7.31. The number of imidazole rings is 1. The highest BCUT2D eigenvalue weighted by Gasteiger charge is 2.21. The van der Waals surface area contributed by atoms with Crippen molar-refractivity contribution in [3.63, 3.8) is 0 Å². The first-order valence-electron chi connectivity index (χ1n) is 5.70. The van der Waals surface area contributed by atoms with Crippen molar-refractivity contribution in [3.05, 3.63) is 16.7 Å². The van der Waals surface area contributed by atoms with Crippen LogP contribution in [0.1, 0.15) is 43.1 Å². The Kier molecular flexibility index (Phi) is 3.65. The molecule has 1 aromatic heterocycles. The van der Waals surface area contributed by atoms with Gasteiger partial charge in [-0.15, -0.1) is 0 Å². The second kappa shape index (κ2) is 4.99. The Balaban J connectivity index is 2.06. The van der Waals surface area contributed by atoms with Crippen LogP contribution in [0.25, 0.3) is 0 Å². The number of rotatable bonds is 4. The van der Waals surface area contributed by atoms with E-state index in [4.69, 9.17) is 11.6 Å². The molecule has 0 radical (unpaired) electrons. The monoisotopic (exact) mass is 227 g/mol. The Morgan fingerprint density at radius 2 is 2.20 bits per heavy atom. The first-order valence-corrected chi connectivity index (χ1v) is 6.08. The van der Waals surface area contributed by atoms with Gasteiger partial charge in [-0.05, 0) is 19.9 Å². The number of hydrogen-bond acceptors (Lipinski definition) is 2. The maximum atomic E-state index is 6.09. The molecule has 0 saturated heterocycles. The first kappa shape index (κ1) is 11.0. The average Bonchev–Trinajstić information content (AvgIpc) is 2.83. The molecule has 4 heteroatoms. The summed E-state index contributed by atoms with van der Waals surface area (Å²) in [6, 6.07) is 0. The number of hydrogen-bond donors (Lipinski definition) is 2. The summed E-state index contributed by atoms with van der Waals surface area (Å²) in [6.07, 6.45) is 6.10. The molecular weight excluding hydrogens is 210 g/mol. The largest absolute Gasteiger partial charge is 0.344 e. The van der Waals surface area contributed by atoms with Gasteiger partial charge in [-0.3, -0.25) is 0 Å². The molecule has 15 heavy (non-hydrogen) atoms. The standard InChI is InChI=1S/C11H18ClN3/c1-13-7-6-9-10(12)15-11(14-9)8-4-2-3-5-8/h8,13H,2-7H2,1H3,(H,14,15). The lowest BCUT2D eigenvalue weighted by Crippen LogP contribution is -2.10. The van der Waals surface area contributed by atoms with Crippen LogP contribution in [0.15, 0.2) is 0 Å². The molecule has 0 atom stereocenters. The number of likely N-dealkylation sites (N-methyl/N-ethyl adjacent to an activating group) is 1. The fourth-order valence-electron chi connectivity index (χ4n) is 2.22. The van der Waals surface area contributed by atoms with Crippen LogP contribution in [-0.2, 0) is 6.42 Å². The summed E-state index contributed by atoms with van der Waals surface area (Å²) in [6.45, 7) is 0.937. The normalized spacial score (nSPS) is 17.5. The molecule has 3 nitrogen and oxygen atoms in total. The number of halogens is 1. The lowest BCUT2D eigenvalue weighted by Gasteiger charge is -2.03. The van der Waals surface area contributed by atoms with Crippen molar-refractivity contribution in [1.29, 1.82) is 0 Å². The van der Waals surface area contributed by atoms with Gasteiger partial charge < -0.3 is 10.3 Å². The van der Waals surface area contributed by atoms with Crippen LogP contribution in [-0.4, -0.2) is 23.6 Å². The minimum absolute atomic E-state index is 0.617. The second-order valence-electron chi connectivity index (χ2n) is 4.23. The third kappa shape index (κ3) is 2.52. The topological polar surface area (TPSA) is 40.7 Å². The lowest BCUT2D eigenvalue weighted by atomic mass is 10.1. The Hall–Kier alpha value is -0.540. The van der Waals surface area contributed by atoms with Crippen LogP contribution in [0.5, 0.6) is 0 Å². The zero-order valence-corrected chi connectivity index (χ0v) is 9.90. The van der Waals surface area contributed by atoms with Crippen LogP contribution in [0.3, 0.4) is 0 Å². The van der Waals surface area contributed by atoms with Gasteiger partial charge >= 0.3 is 0 Å². The molecule has 1 fully saturated rings. The van der Waals surface area contributed by atoms with E-state index in [0.29, 0.717) is 11.1 Å². The SMILES string of the molecule is CNCCc1[nH]c(C2CCCC2)nc1Cl. The highest BCUT2D eigenvalue weighted by Crippen LogP contribution is 2.33. The van der Waals surface area contributed by atoms with Gasteiger partial charge in [0.25, 0.3) is 0 Å². The molecule has 0 amide bonds. The Morgan fingerprint density at radius 1 is 1.47 bits per heavy atom. The lowest BCUT2D eigenvalue weighted by molar-refractivity contribution is 0.674.